The van der Waals surface area contributed by atoms with Crippen LogP contribution in [0.25, 0.3) is 22.3 Å². The Hall–Kier alpha value is -3.80. The number of para-hydroxylation sites is 2. The zero-order valence-electron chi connectivity index (χ0n) is 15.3. The van der Waals surface area contributed by atoms with Crippen LogP contribution in [0.15, 0.2) is 79.1 Å². The molecule has 2 N–H and O–H groups in total. The molecule has 4 rings (SSSR count). The SMILES string of the molecule is CC(Nc1nc(-c2ccncc2)nc2ccccc12)C(=O)Nc1ccccc1. The molecule has 1 atom stereocenters. The first-order valence-electron chi connectivity index (χ1n) is 9.00. The van der Waals surface area contributed by atoms with Gasteiger partial charge in [-0.15, -0.1) is 0 Å². The normalized spacial score (nSPS) is 11.8. The lowest BCUT2D eigenvalue weighted by Gasteiger charge is -2.17. The predicted octanol–water partition coefficient (Wildman–Crippen LogP) is 4.13. The number of nitrogens with zero attached hydrogens (tertiary/aromatic N) is 3. The van der Waals surface area contributed by atoms with Crippen molar-refractivity contribution in [1.29, 1.82) is 0 Å². The van der Waals surface area contributed by atoms with E-state index < -0.39 is 6.04 Å². The second kappa shape index (κ2) is 7.84. The molecule has 4 aromatic rings. The molecule has 6 nitrogen and oxygen atoms in total. The van der Waals surface area contributed by atoms with E-state index in [0.717, 1.165) is 22.2 Å². The summed E-state index contributed by atoms with van der Waals surface area (Å²) in [6.45, 7) is 1.81. The zero-order chi connectivity index (χ0) is 19.3. The minimum atomic E-state index is -0.483. The third-order valence-corrected chi connectivity index (χ3v) is 4.33. The van der Waals surface area contributed by atoms with Crippen LogP contribution in [0.3, 0.4) is 0 Å². The van der Waals surface area contributed by atoms with Crippen molar-refractivity contribution in [3.05, 3.63) is 79.1 Å². The molecule has 0 aliphatic rings. The number of nitrogens with one attached hydrogen (secondary N) is 2. The summed E-state index contributed by atoms with van der Waals surface area (Å²) >= 11 is 0. The van der Waals surface area contributed by atoms with E-state index in [-0.39, 0.29) is 5.91 Å². The van der Waals surface area contributed by atoms with E-state index in [4.69, 9.17) is 0 Å². The van der Waals surface area contributed by atoms with Gasteiger partial charge in [0, 0.05) is 29.0 Å². The molecule has 0 bridgehead atoms. The highest BCUT2D eigenvalue weighted by Gasteiger charge is 2.16. The monoisotopic (exact) mass is 369 g/mol. The van der Waals surface area contributed by atoms with Crippen molar-refractivity contribution in [3.63, 3.8) is 0 Å². The highest BCUT2D eigenvalue weighted by Crippen LogP contribution is 2.25. The molecule has 28 heavy (non-hydrogen) atoms. The van der Waals surface area contributed by atoms with Crippen molar-refractivity contribution in [1.82, 2.24) is 15.0 Å². The molecule has 0 saturated heterocycles. The lowest BCUT2D eigenvalue weighted by atomic mass is 10.2. The number of carbonyl (C=O) groups excluding carboxylic acids is 1. The van der Waals surface area contributed by atoms with Crippen LogP contribution in [0.2, 0.25) is 0 Å². The molecule has 0 fully saturated rings. The first-order chi connectivity index (χ1) is 13.7. The van der Waals surface area contributed by atoms with Crippen molar-refractivity contribution >= 4 is 28.3 Å². The number of hydrogen-bond donors (Lipinski definition) is 2. The molecule has 0 saturated carbocycles. The number of fused-ring (bicyclic) bond motifs is 1. The van der Waals surface area contributed by atoms with E-state index >= 15 is 0 Å². The molecular weight excluding hydrogens is 350 g/mol. The summed E-state index contributed by atoms with van der Waals surface area (Å²) in [5.41, 5.74) is 2.43. The summed E-state index contributed by atoms with van der Waals surface area (Å²) in [4.78, 5) is 25.9. The van der Waals surface area contributed by atoms with Crippen LogP contribution >= 0.6 is 0 Å². The number of amides is 1. The molecule has 2 aromatic carbocycles. The third kappa shape index (κ3) is 3.81. The van der Waals surface area contributed by atoms with Crippen molar-refractivity contribution in [2.24, 2.45) is 0 Å². The molecule has 0 radical (unpaired) electrons. The van der Waals surface area contributed by atoms with Gasteiger partial charge in [0.1, 0.15) is 11.9 Å². The number of pyridine rings is 1. The topological polar surface area (TPSA) is 79.8 Å². The minimum absolute atomic E-state index is 0.139. The highest BCUT2D eigenvalue weighted by atomic mass is 16.2. The van der Waals surface area contributed by atoms with Gasteiger partial charge >= 0.3 is 0 Å². The third-order valence-electron chi connectivity index (χ3n) is 4.33. The van der Waals surface area contributed by atoms with E-state index in [0.29, 0.717) is 11.6 Å². The fourth-order valence-electron chi connectivity index (χ4n) is 2.86. The standard InChI is InChI=1S/C22H19N5O/c1-15(22(28)25-17-7-3-2-4-8-17)24-21-18-9-5-6-10-19(18)26-20(27-21)16-11-13-23-14-12-16/h2-15H,1H3,(H,25,28)(H,24,26,27). The Morgan fingerprint density at radius 3 is 2.39 bits per heavy atom. The average molecular weight is 369 g/mol. The van der Waals surface area contributed by atoms with Crippen molar-refractivity contribution in [3.8, 4) is 11.4 Å². The summed E-state index contributed by atoms with van der Waals surface area (Å²) in [6, 6.07) is 20.3. The van der Waals surface area contributed by atoms with Gasteiger partial charge in [-0.1, -0.05) is 30.3 Å². The van der Waals surface area contributed by atoms with Gasteiger partial charge < -0.3 is 10.6 Å². The molecular formula is C22H19N5O. The van der Waals surface area contributed by atoms with Gasteiger partial charge in [0.05, 0.1) is 5.52 Å². The number of benzene rings is 2. The molecule has 0 spiro atoms. The summed E-state index contributed by atoms with van der Waals surface area (Å²) in [7, 11) is 0. The second-order valence-corrected chi connectivity index (χ2v) is 6.37. The van der Waals surface area contributed by atoms with Gasteiger partial charge in [0.25, 0.3) is 0 Å². The fourth-order valence-corrected chi connectivity index (χ4v) is 2.86. The van der Waals surface area contributed by atoms with E-state index in [1.54, 1.807) is 19.3 Å². The Bertz CT molecular complexity index is 1100. The smallest absolute Gasteiger partial charge is 0.246 e. The largest absolute Gasteiger partial charge is 0.358 e. The number of aromatic nitrogens is 3. The number of rotatable bonds is 5. The van der Waals surface area contributed by atoms with Crippen LogP contribution in [0, 0.1) is 0 Å². The summed E-state index contributed by atoms with van der Waals surface area (Å²) in [6.07, 6.45) is 3.41. The van der Waals surface area contributed by atoms with Crippen molar-refractivity contribution in [2.45, 2.75) is 13.0 Å². The van der Waals surface area contributed by atoms with Gasteiger partial charge in [0.2, 0.25) is 5.91 Å². The van der Waals surface area contributed by atoms with E-state index in [9.17, 15) is 4.79 Å². The quantitative estimate of drug-likeness (QED) is 0.553. The summed E-state index contributed by atoms with van der Waals surface area (Å²) in [5.74, 6) is 1.06. The Kier molecular flexibility index (Phi) is 4.93. The molecule has 2 aromatic heterocycles. The second-order valence-electron chi connectivity index (χ2n) is 6.37. The van der Waals surface area contributed by atoms with E-state index in [2.05, 4.69) is 25.6 Å². The molecule has 138 valence electrons. The molecule has 1 unspecified atom stereocenters. The van der Waals surface area contributed by atoms with Gasteiger partial charge in [-0.05, 0) is 43.3 Å². The molecule has 1 amide bonds. The maximum atomic E-state index is 12.6. The first kappa shape index (κ1) is 17.6. The van der Waals surface area contributed by atoms with Gasteiger partial charge in [-0.3, -0.25) is 9.78 Å². The maximum Gasteiger partial charge on any atom is 0.246 e. The maximum absolute atomic E-state index is 12.6. The lowest BCUT2D eigenvalue weighted by Crippen LogP contribution is -2.32. The van der Waals surface area contributed by atoms with Crippen molar-refractivity contribution < 1.29 is 4.79 Å². The highest BCUT2D eigenvalue weighted by molar-refractivity contribution is 5.98. The van der Waals surface area contributed by atoms with Gasteiger partial charge in [-0.2, -0.15) is 0 Å². The number of anilines is 2. The van der Waals surface area contributed by atoms with Crippen LogP contribution in [0.1, 0.15) is 6.92 Å². The van der Waals surface area contributed by atoms with Gasteiger partial charge in [-0.25, -0.2) is 9.97 Å². The minimum Gasteiger partial charge on any atom is -0.358 e. The average Bonchev–Trinajstić information content (AvgIpc) is 2.75. The summed E-state index contributed by atoms with van der Waals surface area (Å²) in [5, 5.41) is 7.00. The predicted molar refractivity (Wildman–Crippen MR) is 111 cm³/mol. The Balaban J connectivity index is 1.64. The Labute approximate surface area is 162 Å². The van der Waals surface area contributed by atoms with Crippen LogP contribution in [0.5, 0.6) is 0 Å². The van der Waals surface area contributed by atoms with E-state index in [1.807, 2.05) is 66.7 Å². The molecule has 0 aliphatic heterocycles. The molecule has 2 heterocycles. The van der Waals surface area contributed by atoms with Crippen LogP contribution in [-0.4, -0.2) is 26.9 Å². The van der Waals surface area contributed by atoms with Crippen LogP contribution in [-0.2, 0) is 4.79 Å². The lowest BCUT2D eigenvalue weighted by molar-refractivity contribution is -0.116. The van der Waals surface area contributed by atoms with E-state index in [1.165, 1.54) is 0 Å². The zero-order valence-corrected chi connectivity index (χ0v) is 15.3. The van der Waals surface area contributed by atoms with Crippen LogP contribution < -0.4 is 10.6 Å². The van der Waals surface area contributed by atoms with Crippen LogP contribution in [0.4, 0.5) is 11.5 Å². The van der Waals surface area contributed by atoms with Crippen molar-refractivity contribution in [2.75, 3.05) is 10.6 Å². The molecule has 6 heteroatoms. The summed E-state index contributed by atoms with van der Waals surface area (Å²) < 4.78 is 0. The number of hydrogen-bond acceptors (Lipinski definition) is 5. The Morgan fingerprint density at radius 1 is 0.893 bits per heavy atom. The molecule has 0 aliphatic carbocycles. The Morgan fingerprint density at radius 2 is 1.61 bits per heavy atom. The first-order valence-corrected chi connectivity index (χ1v) is 9.00. The number of carbonyl (C=O) groups is 1. The fraction of sp³-hybridized carbons (Fsp3) is 0.0909. The van der Waals surface area contributed by atoms with Gasteiger partial charge in [0.15, 0.2) is 5.82 Å².